The number of nitrogens with one attached hydrogen (secondary N) is 1. The van der Waals surface area contributed by atoms with Gasteiger partial charge in [0.15, 0.2) is 0 Å². The largest absolute Gasteiger partial charge is 0.327 e. The molecule has 3 nitrogen and oxygen atoms in total. The molecule has 1 aliphatic carbocycles. The lowest BCUT2D eigenvalue weighted by Gasteiger charge is -2.21. The molecule has 0 aliphatic heterocycles. The Bertz CT molecular complexity index is 475. The second-order valence-electron chi connectivity index (χ2n) is 7.40. The molecular weight excluding hydrogens is 284 g/mol. The highest BCUT2D eigenvalue weighted by Crippen LogP contribution is 2.27. The first-order chi connectivity index (χ1) is 11.0. The number of carbonyl (C=O) groups is 1. The van der Waals surface area contributed by atoms with Gasteiger partial charge in [0, 0.05) is 18.2 Å². The zero-order valence-electron chi connectivity index (χ0n) is 14.7. The molecule has 0 heterocycles. The summed E-state index contributed by atoms with van der Waals surface area (Å²) in [5.74, 6) is 1.38. The Morgan fingerprint density at radius 3 is 2.43 bits per heavy atom. The van der Waals surface area contributed by atoms with E-state index in [-0.39, 0.29) is 11.9 Å². The molecule has 0 saturated heterocycles. The topological polar surface area (TPSA) is 55.1 Å². The number of amides is 1. The van der Waals surface area contributed by atoms with Gasteiger partial charge in [-0.1, -0.05) is 58.1 Å². The first-order valence-corrected chi connectivity index (χ1v) is 9.19. The number of carbonyl (C=O) groups excluding carboxylic acids is 1. The number of rotatable bonds is 7. The molecule has 0 spiro atoms. The molecule has 1 saturated carbocycles. The van der Waals surface area contributed by atoms with Crippen LogP contribution in [-0.4, -0.2) is 11.9 Å². The van der Waals surface area contributed by atoms with Crippen LogP contribution in [0.25, 0.3) is 0 Å². The maximum Gasteiger partial charge on any atom is 0.224 e. The van der Waals surface area contributed by atoms with Crippen LogP contribution in [0, 0.1) is 11.8 Å². The summed E-state index contributed by atoms with van der Waals surface area (Å²) in [5, 5.41) is 3.01. The fourth-order valence-corrected chi connectivity index (χ4v) is 3.27. The summed E-state index contributed by atoms with van der Waals surface area (Å²) in [6.07, 6.45) is 9.22. The number of nitrogens with two attached hydrogens (primary N) is 1. The monoisotopic (exact) mass is 316 g/mol. The van der Waals surface area contributed by atoms with Gasteiger partial charge in [-0.05, 0) is 42.4 Å². The van der Waals surface area contributed by atoms with Gasteiger partial charge in [0.1, 0.15) is 0 Å². The molecule has 3 N–H and O–H groups in total. The quantitative estimate of drug-likeness (QED) is 0.777. The Balaban J connectivity index is 1.75. The third-order valence-electron chi connectivity index (χ3n) is 5.07. The standard InChI is InChI=1S/C20H32N2O/c1-15(2)19(21)14-17-8-11-18(12-9-17)22-20(23)13-10-16-6-4-3-5-7-16/h8-9,11-12,15-16,19H,3-7,10,13-14,21H2,1-2H3,(H,22,23). The van der Waals surface area contributed by atoms with E-state index in [0.717, 1.165) is 24.4 Å². The molecule has 2 rings (SSSR count). The van der Waals surface area contributed by atoms with E-state index >= 15 is 0 Å². The van der Waals surface area contributed by atoms with Crippen molar-refractivity contribution in [3.05, 3.63) is 29.8 Å². The number of hydrogen-bond donors (Lipinski definition) is 2. The molecule has 23 heavy (non-hydrogen) atoms. The summed E-state index contributed by atoms with van der Waals surface area (Å²) in [5.41, 5.74) is 8.23. The van der Waals surface area contributed by atoms with Crippen LogP contribution in [0.3, 0.4) is 0 Å². The highest BCUT2D eigenvalue weighted by Gasteiger charge is 2.15. The first-order valence-electron chi connectivity index (χ1n) is 9.19. The molecule has 1 aliphatic rings. The maximum atomic E-state index is 12.1. The summed E-state index contributed by atoms with van der Waals surface area (Å²) in [4.78, 5) is 12.1. The predicted molar refractivity (Wildman–Crippen MR) is 97.4 cm³/mol. The van der Waals surface area contributed by atoms with Crippen molar-refractivity contribution in [1.82, 2.24) is 0 Å². The minimum atomic E-state index is 0.141. The lowest BCUT2D eigenvalue weighted by atomic mass is 9.86. The minimum absolute atomic E-state index is 0.141. The van der Waals surface area contributed by atoms with Crippen LogP contribution < -0.4 is 11.1 Å². The molecule has 0 aromatic heterocycles. The second-order valence-corrected chi connectivity index (χ2v) is 7.40. The Kier molecular flexibility index (Phi) is 7.10. The highest BCUT2D eigenvalue weighted by molar-refractivity contribution is 5.90. The molecule has 3 heteroatoms. The van der Waals surface area contributed by atoms with E-state index < -0.39 is 0 Å². The Morgan fingerprint density at radius 2 is 1.83 bits per heavy atom. The lowest BCUT2D eigenvalue weighted by Crippen LogP contribution is -2.28. The van der Waals surface area contributed by atoms with Crippen molar-refractivity contribution < 1.29 is 4.79 Å². The van der Waals surface area contributed by atoms with Gasteiger partial charge in [-0.2, -0.15) is 0 Å². The third-order valence-corrected chi connectivity index (χ3v) is 5.07. The van der Waals surface area contributed by atoms with E-state index in [1.165, 1.54) is 37.7 Å². The van der Waals surface area contributed by atoms with Crippen molar-refractivity contribution in [1.29, 1.82) is 0 Å². The summed E-state index contributed by atoms with van der Waals surface area (Å²) in [6.45, 7) is 4.29. The van der Waals surface area contributed by atoms with E-state index in [0.29, 0.717) is 12.3 Å². The highest BCUT2D eigenvalue weighted by atomic mass is 16.1. The smallest absolute Gasteiger partial charge is 0.224 e. The molecule has 1 atom stereocenters. The number of anilines is 1. The van der Waals surface area contributed by atoms with Gasteiger partial charge in [0.25, 0.3) is 0 Å². The Morgan fingerprint density at radius 1 is 1.17 bits per heavy atom. The zero-order chi connectivity index (χ0) is 16.7. The fourth-order valence-electron chi connectivity index (χ4n) is 3.27. The van der Waals surface area contributed by atoms with Crippen LogP contribution in [-0.2, 0) is 11.2 Å². The van der Waals surface area contributed by atoms with Crippen LogP contribution in [0.2, 0.25) is 0 Å². The van der Waals surface area contributed by atoms with Crippen LogP contribution in [0.4, 0.5) is 5.69 Å². The molecule has 1 amide bonds. The second kappa shape index (κ2) is 9.07. The molecule has 1 unspecified atom stereocenters. The first kappa shape index (κ1) is 18.0. The summed E-state index contributed by atoms with van der Waals surface area (Å²) in [6, 6.07) is 8.30. The van der Waals surface area contributed by atoms with Gasteiger partial charge in [-0.3, -0.25) is 4.79 Å². The van der Waals surface area contributed by atoms with E-state index in [1.807, 2.05) is 12.1 Å². The molecule has 128 valence electrons. The molecule has 0 radical (unpaired) electrons. The van der Waals surface area contributed by atoms with Crippen molar-refractivity contribution >= 4 is 11.6 Å². The Hall–Kier alpha value is -1.35. The average Bonchev–Trinajstić information content (AvgIpc) is 2.55. The SMILES string of the molecule is CC(C)C(N)Cc1ccc(NC(=O)CCC2CCCCC2)cc1. The molecule has 1 fully saturated rings. The molecule has 0 bridgehead atoms. The molecule has 1 aromatic rings. The van der Waals surface area contributed by atoms with E-state index in [1.54, 1.807) is 0 Å². The van der Waals surface area contributed by atoms with Crippen LogP contribution in [0.1, 0.15) is 64.4 Å². The van der Waals surface area contributed by atoms with Gasteiger partial charge < -0.3 is 11.1 Å². The van der Waals surface area contributed by atoms with Gasteiger partial charge in [0.05, 0.1) is 0 Å². The van der Waals surface area contributed by atoms with Crippen LogP contribution in [0.5, 0.6) is 0 Å². The fraction of sp³-hybridized carbons (Fsp3) is 0.650. The van der Waals surface area contributed by atoms with Gasteiger partial charge in [-0.15, -0.1) is 0 Å². The number of hydrogen-bond acceptors (Lipinski definition) is 2. The normalized spacial score (nSPS) is 17.2. The summed E-state index contributed by atoms with van der Waals surface area (Å²) >= 11 is 0. The van der Waals surface area contributed by atoms with Crippen molar-refractivity contribution in [3.8, 4) is 0 Å². The summed E-state index contributed by atoms with van der Waals surface area (Å²) in [7, 11) is 0. The maximum absolute atomic E-state index is 12.1. The van der Waals surface area contributed by atoms with Crippen LogP contribution >= 0.6 is 0 Å². The van der Waals surface area contributed by atoms with Crippen molar-refractivity contribution in [2.75, 3.05) is 5.32 Å². The van der Waals surface area contributed by atoms with Crippen LogP contribution in [0.15, 0.2) is 24.3 Å². The van der Waals surface area contributed by atoms with Gasteiger partial charge in [-0.25, -0.2) is 0 Å². The van der Waals surface area contributed by atoms with Crippen molar-refractivity contribution in [2.45, 2.75) is 71.3 Å². The molecule has 1 aromatic carbocycles. The zero-order valence-corrected chi connectivity index (χ0v) is 14.7. The average molecular weight is 316 g/mol. The van der Waals surface area contributed by atoms with Crippen molar-refractivity contribution in [2.24, 2.45) is 17.6 Å². The number of benzene rings is 1. The van der Waals surface area contributed by atoms with E-state index in [9.17, 15) is 4.79 Å². The predicted octanol–water partition coefficient (Wildman–Crippen LogP) is 4.51. The lowest BCUT2D eigenvalue weighted by molar-refractivity contribution is -0.116. The molecular formula is C20H32N2O. The van der Waals surface area contributed by atoms with Crippen molar-refractivity contribution in [3.63, 3.8) is 0 Å². The Labute approximate surface area is 141 Å². The third kappa shape index (κ3) is 6.34. The van der Waals surface area contributed by atoms with Gasteiger partial charge >= 0.3 is 0 Å². The summed E-state index contributed by atoms with van der Waals surface area (Å²) < 4.78 is 0. The van der Waals surface area contributed by atoms with Gasteiger partial charge in [0.2, 0.25) is 5.91 Å². The van der Waals surface area contributed by atoms with E-state index in [4.69, 9.17) is 5.73 Å². The van der Waals surface area contributed by atoms with E-state index in [2.05, 4.69) is 31.3 Å². The minimum Gasteiger partial charge on any atom is -0.327 e.